The molecule has 2 nitrogen and oxygen atoms in total. The second-order valence-corrected chi connectivity index (χ2v) is 2.85. The number of hydrogen-bond acceptors (Lipinski definition) is 1. The molecule has 1 aromatic carbocycles. The predicted molar refractivity (Wildman–Crippen MR) is 50.4 cm³/mol. The zero-order valence-electron chi connectivity index (χ0n) is 7.63. The number of aryl methyl sites for hydroxylation is 1. The van der Waals surface area contributed by atoms with Gasteiger partial charge >= 0.3 is 12.1 Å². The summed E-state index contributed by atoms with van der Waals surface area (Å²) >= 11 is 0. The van der Waals surface area contributed by atoms with Crippen molar-refractivity contribution in [2.75, 3.05) is 0 Å². The highest BCUT2D eigenvalue weighted by atomic mass is 35.5. The molecule has 0 aliphatic heterocycles. The van der Waals surface area contributed by atoms with E-state index in [1.165, 1.54) is 13.0 Å². The molecule has 0 saturated heterocycles. The Balaban J connectivity index is 0.00000196. The van der Waals surface area contributed by atoms with Crippen molar-refractivity contribution in [2.24, 2.45) is 0 Å². The summed E-state index contributed by atoms with van der Waals surface area (Å²) in [6.07, 6.45) is -4.62. The highest BCUT2D eigenvalue weighted by Crippen LogP contribution is 2.32. The third kappa shape index (κ3) is 3.13. The minimum absolute atomic E-state index is 0. The Morgan fingerprint density at radius 3 is 2.27 bits per heavy atom. The molecule has 84 valence electrons. The van der Waals surface area contributed by atoms with Gasteiger partial charge in [0, 0.05) is 0 Å². The summed E-state index contributed by atoms with van der Waals surface area (Å²) < 4.78 is 36.8. The van der Waals surface area contributed by atoms with Gasteiger partial charge in [-0.2, -0.15) is 13.2 Å². The summed E-state index contributed by atoms with van der Waals surface area (Å²) in [7, 11) is 0. The topological polar surface area (TPSA) is 37.3 Å². The standard InChI is InChI=1S/C9H7F3O2.ClH/c1-5-2-3-7(9(10,11)12)6(4-5)8(13)14;/h2-4H,1H3,(H,13,14);1H. The molecule has 0 bridgehead atoms. The van der Waals surface area contributed by atoms with Gasteiger partial charge in [-0.05, 0) is 19.1 Å². The number of rotatable bonds is 1. The van der Waals surface area contributed by atoms with E-state index in [9.17, 15) is 18.0 Å². The number of carbonyl (C=O) groups is 1. The van der Waals surface area contributed by atoms with Crippen molar-refractivity contribution in [1.82, 2.24) is 0 Å². The summed E-state index contributed by atoms with van der Waals surface area (Å²) in [5.74, 6) is -1.57. The van der Waals surface area contributed by atoms with E-state index in [0.29, 0.717) is 5.56 Å². The van der Waals surface area contributed by atoms with Crippen molar-refractivity contribution >= 4 is 18.4 Å². The molecular weight excluding hydrogens is 233 g/mol. The van der Waals surface area contributed by atoms with Gasteiger partial charge < -0.3 is 5.11 Å². The average Bonchev–Trinajstić information content (AvgIpc) is 2.01. The maximum Gasteiger partial charge on any atom is 0.417 e. The molecule has 0 heterocycles. The maximum absolute atomic E-state index is 12.3. The Bertz CT molecular complexity index is 374. The van der Waals surface area contributed by atoms with Gasteiger partial charge in [0.1, 0.15) is 0 Å². The summed E-state index contributed by atoms with van der Waals surface area (Å²) in [5.41, 5.74) is -1.34. The summed E-state index contributed by atoms with van der Waals surface area (Å²) in [6.45, 7) is 1.53. The van der Waals surface area contributed by atoms with Crippen molar-refractivity contribution in [3.05, 3.63) is 34.9 Å². The molecule has 0 unspecified atom stereocenters. The van der Waals surface area contributed by atoms with Gasteiger partial charge in [0.15, 0.2) is 0 Å². The molecule has 0 aliphatic carbocycles. The van der Waals surface area contributed by atoms with Crippen LogP contribution in [0.4, 0.5) is 13.2 Å². The van der Waals surface area contributed by atoms with Crippen molar-refractivity contribution < 1.29 is 23.1 Å². The van der Waals surface area contributed by atoms with Gasteiger partial charge in [-0.25, -0.2) is 4.79 Å². The molecule has 0 aliphatic rings. The van der Waals surface area contributed by atoms with E-state index in [4.69, 9.17) is 5.11 Å². The number of alkyl halides is 3. The second kappa shape index (κ2) is 4.53. The van der Waals surface area contributed by atoms with Gasteiger partial charge in [0.2, 0.25) is 0 Å². The van der Waals surface area contributed by atoms with E-state index in [-0.39, 0.29) is 12.4 Å². The highest BCUT2D eigenvalue weighted by molar-refractivity contribution is 5.89. The van der Waals surface area contributed by atoms with Crippen LogP contribution in [-0.2, 0) is 6.18 Å². The molecule has 1 N–H and O–H groups in total. The maximum atomic E-state index is 12.3. The van der Waals surface area contributed by atoms with Crippen LogP contribution in [0.15, 0.2) is 18.2 Å². The fourth-order valence-electron chi connectivity index (χ4n) is 1.08. The Kier molecular flexibility index (Phi) is 4.16. The van der Waals surface area contributed by atoms with Crippen molar-refractivity contribution in [3.63, 3.8) is 0 Å². The zero-order valence-corrected chi connectivity index (χ0v) is 8.45. The number of aromatic carboxylic acids is 1. The zero-order chi connectivity index (χ0) is 10.9. The summed E-state index contributed by atoms with van der Waals surface area (Å²) in [4.78, 5) is 10.5. The first kappa shape index (κ1) is 13.8. The number of carboxylic acid groups (broad SMARTS) is 1. The van der Waals surface area contributed by atoms with Gasteiger partial charge in [-0.3, -0.25) is 0 Å². The van der Waals surface area contributed by atoms with Crippen LogP contribution in [0.2, 0.25) is 0 Å². The number of halogens is 4. The van der Waals surface area contributed by atoms with Crippen LogP contribution in [-0.4, -0.2) is 11.1 Å². The third-order valence-electron chi connectivity index (χ3n) is 1.71. The van der Waals surface area contributed by atoms with Crippen LogP contribution in [0.5, 0.6) is 0 Å². The smallest absolute Gasteiger partial charge is 0.417 e. The van der Waals surface area contributed by atoms with Crippen LogP contribution in [0.3, 0.4) is 0 Å². The fourth-order valence-corrected chi connectivity index (χ4v) is 1.08. The highest BCUT2D eigenvalue weighted by Gasteiger charge is 2.35. The van der Waals surface area contributed by atoms with E-state index in [1.807, 2.05) is 0 Å². The molecule has 6 heteroatoms. The van der Waals surface area contributed by atoms with E-state index < -0.39 is 23.3 Å². The predicted octanol–water partition coefficient (Wildman–Crippen LogP) is 3.13. The second-order valence-electron chi connectivity index (χ2n) is 2.85. The molecule has 15 heavy (non-hydrogen) atoms. The van der Waals surface area contributed by atoms with Crippen molar-refractivity contribution in [2.45, 2.75) is 13.1 Å². The first-order valence-electron chi connectivity index (χ1n) is 3.73. The minimum Gasteiger partial charge on any atom is -0.478 e. The van der Waals surface area contributed by atoms with Gasteiger partial charge in [-0.15, -0.1) is 12.4 Å². The molecule has 0 fully saturated rings. The SMILES string of the molecule is Cc1ccc(C(F)(F)F)c(C(=O)O)c1.Cl. The molecule has 0 radical (unpaired) electrons. The Morgan fingerprint density at radius 1 is 1.33 bits per heavy atom. The van der Waals surface area contributed by atoms with Gasteiger partial charge in [-0.1, -0.05) is 11.6 Å². The number of benzene rings is 1. The summed E-state index contributed by atoms with van der Waals surface area (Å²) in [6, 6.07) is 3.01. The number of carboxylic acids is 1. The van der Waals surface area contributed by atoms with Crippen LogP contribution in [0.1, 0.15) is 21.5 Å². The Labute approximate surface area is 90.1 Å². The molecular formula is C9H8ClF3O2. The van der Waals surface area contributed by atoms with E-state index in [1.54, 1.807) is 0 Å². The molecule has 0 amide bonds. The van der Waals surface area contributed by atoms with Crippen LogP contribution in [0.25, 0.3) is 0 Å². The normalized spacial score (nSPS) is 10.7. The van der Waals surface area contributed by atoms with E-state index >= 15 is 0 Å². The van der Waals surface area contributed by atoms with Gasteiger partial charge in [0.05, 0.1) is 11.1 Å². The summed E-state index contributed by atoms with van der Waals surface area (Å²) in [5, 5.41) is 8.55. The first-order valence-corrected chi connectivity index (χ1v) is 3.73. The molecule has 1 rings (SSSR count). The Morgan fingerprint density at radius 2 is 1.87 bits per heavy atom. The molecule has 0 saturated carbocycles. The van der Waals surface area contributed by atoms with Gasteiger partial charge in [0.25, 0.3) is 0 Å². The quantitative estimate of drug-likeness (QED) is 0.819. The van der Waals surface area contributed by atoms with Crippen molar-refractivity contribution in [3.8, 4) is 0 Å². The van der Waals surface area contributed by atoms with Crippen LogP contribution >= 0.6 is 12.4 Å². The first-order chi connectivity index (χ1) is 6.32. The Hall–Kier alpha value is -1.23. The fraction of sp³-hybridized carbons (Fsp3) is 0.222. The average molecular weight is 241 g/mol. The van der Waals surface area contributed by atoms with E-state index in [2.05, 4.69) is 0 Å². The third-order valence-corrected chi connectivity index (χ3v) is 1.71. The molecule has 0 aromatic heterocycles. The molecule has 0 atom stereocenters. The number of hydrogen-bond donors (Lipinski definition) is 1. The largest absolute Gasteiger partial charge is 0.478 e. The lowest BCUT2D eigenvalue weighted by atomic mass is 10.0. The lowest BCUT2D eigenvalue weighted by molar-refractivity contribution is -0.138. The molecule has 1 aromatic rings. The van der Waals surface area contributed by atoms with Crippen molar-refractivity contribution in [1.29, 1.82) is 0 Å². The van der Waals surface area contributed by atoms with E-state index in [0.717, 1.165) is 12.1 Å². The van der Waals surface area contributed by atoms with Crippen LogP contribution in [0, 0.1) is 6.92 Å². The lowest BCUT2D eigenvalue weighted by Crippen LogP contribution is -2.12. The van der Waals surface area contributed by atoms with Crippen LogP contribution < -0.4 is 0 Å². The monoisotopic (exact) mass is 240 g/mol. The molecule has 0 spiro atoms. The minimum atomic E-state index is -4.62. The lowest BCUT2D eigenvalue weighted by Gasteiger charge is -2.10.